The number of hydrogen-bond acceptors (Lipinski definition) is 0. The van der Waals surface area contributed by atoms with E-state index in [1.807, 2.05) is 0 Å². The van der Waals surface area contributed by atoms with Crippen molar-refractivity contribution in [2.75, 3.05) is 0 Å². The molecule has 0 saturated carbocycles. The summed E-state index contributed by atoms with van der Waals surface area (Å²) >= 11 is 5.67. The van der Waals surface area contributed by atoms with Gasteiger partial charge in [-0.25, -0.2) is 0 Å². The summed E-state index contributed by atoms with van der Waals surface area (Å²) in [4.78, 5) is 0. The molecule has 0 radical (unpaired) electrons. The van der Waals surface area contributed by atoms with E-state index >= 15 is 0 Å². The Morgan fingerprint density at radius 2 is 1.17 bits per heavy atom. The van der Waals surface area contributed by atoms with Crippen molar-refractivity contribution >= 4 is 32.0 Å². The molecule has 0 N–H and O–H groups in total. The molecule has 0 amide bonds. The average molecular weight is 143 g/mol. The van der Waals surface area contributed by atoms with Gasteiger partial charge in [0.05, 0.1) is 0 Å². The van der Waals surface area contributed by atoms with Crippen molar-refractivity contribution < 1.29 is 0 Å². The van der Waals surface area contributed by atoms with E-state index in [0.29, 0.717) is 0 Å². The maximum atomic E-state index is 5.67. The SMILES string of the molecule is C[Si](C)(C)Cl.S. The van der Waals surface area contributed by atoms with Crippen LogP contribution in [-0.2, 0) is 0 Å². The quantitative estimate of drug-likeness (QED) is 0.359. The van der Waals surface area contributed by atoms with Crippen LogP contribution in [0.2, 0.25) is 19.6 Å². The Kier molecular flexibility index (Phi) is 4.88. The summed E-state index contributed by atoms with van der Waals surface area (Å²) in [6.45, 7) is 6.28. The van der Waals surface area contributed by atoms with E-state index in [4.69, 9.17) is 11.1 Å². The first-order valence-electron chi connectivity index (χ1n) is 1.69. The normalized spacial score (nSPS) is 10.0. The van der Waals surface area contributed by atoms with Gasteiger partial charge in [0.1, 0.15) is 7.38 Å². The minimum Gasteiger partial charge on any atom is -0.197 e. The highest BCUT2D eigenvalue weighted by molar-refractivity contribution is 7.59. The first-order chi connectivity index (χ1) is 2.00. The van der Waals surface area contributed by atoms with E-state index in [2.05, 4.69) is 19.6 Å². The Hall–Kier alpha value is 0.857. The molecule has 0 aliphatic heterocycles. The fourth-order valence-corrected chi connectivity index (χ4v) is 0. The highest BCUT2D eigenvalue weighted by Gasteiger charge is 2.04. The molecule has 0 saturated heterocycles. The van der Waals surface area contributed by atoms with E-state index in [0.717, 1.165) is 0 Å². The van der Waals surface area contributed by atoms with Crippen molar-refractivity contribution in [3.05, 3.63) is 0 Å². The van der Waals surface area contributed by atoms with Crippen molar-refractivity contribution in [3.63, 3.8) is 0 Å². The van der Waals surface area contributed by atoms with Gasteiger partial charge in [-0.1, -0.05) is 19.6 Å². The molecular formula is C3H11ClSSi. The molecule has 6 heavy (non-hydrogen) atoms. The summed E-state index contributed by atoms with van der Waals surface area (Å²) in [5.74, 6) is 0. The Morgan fingerprint density at radius 3 is 1.17 bits per heavy atom. The van der Waals surface area contributed by atoms with Gasteiger partial charge in [0.15, 0.2) is 0 Å². The molecule has 40 valence electrons. The minimum atomic E-state index is -1.14. The second kappa shape index (κ2) is 2.94. The number of halogens is 1. The van der Waals surface area contributed by atoms with E-state index in [9.17, 15) is 0 Å². The van der Waals surface area contributed by atoms with Crippen LogP contribution in [0.5, 0.6) is 0 Å². The summed E-state index contributed by atoms with van der Waals surface area (Å²) in [7, 11) is -1.14. The van der Waals surface area contributed by atoms with Gasteiger partial charge in [0, 0.05) is 0 Å². The first-order valence-corrected chi connectivity index (χ1v) is 6.20. The summed E-state index contributed by atoms with van der Waals surface area (Å²) in [5, 5.41) is 0. The molecule has 0 rings (SSSR count). The van der Waals surface area contributed by atoms with Crippen LogP contribution in [-0.4, -0.2) is 7.38 Å². The lowest BCUT2D eigenvalue weighted by Crippen LogP contribution is -2.06. The summed E-state index contributed by atoms with van der Waals surface area (Å²) in [5.41, 5.74) is 0. The van der Waals surface area contributed by atoms with Crippen LogP contribution in [0.3, 0.4) is 0 Å². The molecule has 0 spiro atoms. The summed E-state index contributed by atoms with van der Waals surface area (Å²) < 4.78 is 0. The smallest absolute Gasteiger partial charge is 0.147 e. The number of hydrogen-bond donors (Lipinski definition) is 0. The monoisotopic (exact) mass is 142 g/mol. The predicted octanol–water partition coefficient (Wildman–Crippen LogP) is 2.17. The van der Waals surface area contributed by atoms with Crippen LogP contribution in [0.4, 0.5) is 0 Å². The first kappa shape index (κ1) is 9.97. The van der Waals surface area contributed by atoms with E-state index in [1.54, 1.807) is 0 Å². The maximum absolute atomic E-state index is 5.67. The van der Waals surface area contributed by atoms with Gasteiger partial charge < -0.3 is 0 Å². The third-order valence-corrected chi connectivity index (χ3v) is 0. The molecule has 0 aliphatic carbocycles. The molecule has 0 aromatic carbocycles. The van der Waals surface area contributed by atoms with Crippen LogP contribution in [0.1, 0.15) is 0 Å². The zero-order valence-electron chi connectivity index (χ0n) is 4.38. The van der Waals surface area contributed by atoms with Gasteiger partial charge >= 0.3 is 0 Å². The topological polar surface area (TPSA) is 0 Å². The molecule has 0 bridgehead atoms. The molecule has 0 unspecified atom stereocenters. The summed E-state index contributed by atoms with van der Waals surface area (Å²) in [6, 6.07) is 0. The van der Waals surface area contributed by atoms with Gasteiger partial charge in [-0.05, 0) is 0 Å². The second-order valence-corrected chi connectivity index (χ2v) is 9.60. The van der Waals surface area contributed by atoms with Gasteiger partial charge in [-0.15, -0.1) is 0 Å². The highest BCUT2D eigenvalue weighted by atomic mass is 35.6. The van der Waals surface area contributed by atoms with Crippen molar-refractivity contribution in [1.29, 1.82) is 0 Å². The van der Waals surface area contributed by atoms with Crippen molar-refractivity contribution in [3.8, 4) is 0 Å². The molecule has 0 heterocycles. The van der Waals surface area contributed by atoms with E-state index in [1.165, 1.54) is 0 Å². The van der Waals surface area contributed by atoms with Crippen LogP contribution in [0.15, 0.2) is 0 Å². The zero-order chi connectivity index (χ0) is 4.50. The molecule has 0 aromatic heterocycles. The molecule has 0 nitrogen and oxygen atoms in total. The molecule has 0 aliphatic rings. The molecule has 3 heteroatoms. The van der Waals surface area contributed by atoms with Crippen LogP contribution < -0.4 is 0 Å². The average Bonchev–Trinajstić information content (AvgIpc) is 0.722. The van der Waals surface area contributed by atoms with Crippen molar-refractivity contribution in [2.45, 2.75) is 19.6 Å². The largest absolute Gasteiger partial charge is 0.197 e. The van der Waals surface area contributed by atoms with Crippen molar-refractivity contribution in [1.82, 2.24) is 0 Å². The van der Waals surface area contributed by atoms with Crippen LogP contribution in [0.25, 0.3) is 0 Å². The molecule has 0 atom stereocenters. The fraction of sp³-hybridized carbons (Fsp3) is 1.00. The van der Waals surface area contributed by atoms with Gasteiger partial charge in [-0.2, -0.15) is 24.6 Å². The third-order valence-electron chi connectivity index (χ3n) is 0. The lowest BCUT2D eigenvalue weighted by Gasteiger charge is -1.97. The standard InChI is InChI=1S/C3H9ClSi.H2S/c1-5(2,3)4;/h1-3H3;1H2. The van der Waals surface area contributed by atoms with E-state index < -0.39 is 7.38 Å². The Balaban J connectivity index is 0. The fourth-order valence-electron chi connectivity index (χ4n) is 0. The Bertz CT molecular complexity index is 26.3. The molecule has 0 fully saturated rings. The lowest BCUT2D eigenvalue weighted by atomic mass is 11.8. The summed E-state index contributed by atoms with van der Waals surface area (Å²) in [6.07, 6.45) is 0. The second-order valence-electron chi connectivity index (χ2n) is 2.07. The molecule has 0 aromatic rings. The van der Waals surface area contributed by atoms with Gasteiger partial charge in [0.25, 0.3) is 0 Å². The zero-order valence-corrected chi connectivity index (χ0v) is 7.13. The lowest BCUT2D eigenvalue weighted by molar-refractivity contribution is 1.87. The van der Waals surface area contributed by atoms with Gasteiger partial charge in [-0.3, -0.25) is 0 Å². The predicted molar refractivity (Wildman–Crippen MR) is 39.6 cm³/mol. The van der Waals surface area contributed by atoms with Crippen molar-refractivity contribution in [2.24, 2.45) is 0 Å². The van der Waals surface area contributed by atoms with E-state index in [-0.39, 0.29) is 13.5 Å². The Morgan fingerprint density at radius 1 is 1.17 bits per heavy atom. The highest BCUT2D eigenvalue weighted by Crippen LogP contribution is 2.03. The van der Waals surface area contributed by atoms with Crippen LogP contribution >= 0.6 is 24.6 Å². The van der Waals surface area contributed by atoms with Gasteiger partial charge in [0.2, 0.25) is 0 Å². The Labute approximate surface area is 52.1 Å². The van der Waals surface area contributed by atoms with Crippen LogP contribution in [0, 0.1) is 0 Å². The molecular weight excluding hydrogens is 132 g/mol. The number of rotatable bonds is 0. The maximum Gasteiger partial charge on any atom is 0.147 e. The third kappa shape index (κ3) is 98.4. The minimum absolute atomic E-state index is 0.